The van der Waals surface area contributed by atoms with Gasteiger partial charge in [-0.25, -0.2) is 0 Å². The molecule has 1 heterocycles. The van der Waals surface area contributed by atoms with Crippen LogP contribution in [0.2, 0.25) is 0 Å². The lowest BCUT2D eigenvalue weighted by Crippen LogP contribution is -2.46. The van der Waals surface area contributed by atoms with Gasteiger partial charge in [-0.3, -0.25) is 9.48 Å². The van der Waals surface area contributed by atoms with Crippen molar-refractivity contribution in [1.29, 1.82) is 5.26 Å². The van der Waals surface area contributed by atoms with Crippen LogP contribution in [0.1, 0.15) is 37.9 Å². The predicted molar refractivity (Wildman–Crippen MR) is 80.4 cm³/mol. The van der Waals surface area contributed by atoms with Crippen molar-refractivity contribution in [1.82, 2.24) is 9.78 Å². The molecule has 3 aliphatic carbocycles. The summed E-state index contributed by atoms with van der Waals surface area (Å²) >= 11 is 3.55. The molecule has 1 aromatic heterocycles. The number of aryl methyl sites for hydroxylation is 1. The first-order chi connectivity index (χ1) is 9.81. The fourth-order valence-corrected chi connectivity index (χ4v) is 5.77. The zero-order valence-electron chi connectivity index (χ0n) is 12.3. The van der Waals surface area contributed by atoms with E-state index in [1.807, 2.05) is 24.7 Å². The first kappa shape index (κ1) is 13.3. The fraction of sp³-hybridized carbons (Fsp3) is 0.562. The Labute approximate surface area is 131 Å². The summed E-state index contributed by atoms with van der Waals surface area (Å²) in [5, 5.41) is 13.9. The molecule has 0 bridgehead atoms. The number of carbonyl (C=O) groups excluding carboxylic acids is 1. The summed E-state index contributed by atoms with van der Waals surface area (Å²) in [5.41, 5.74) is 1.99. The Bertz CT molecular complexity index is 786. The van der Waals surface area contributed by atoms with Gasteiger partial charge in [0.2, 0.25) is 0 Å². The number of aromatic nitrogens is 2. The Balaban J connectivity index is 2.06. The van der Waals surface area contributed by atoms with E-state index < -0.39 is 0 Å². The second kappa shape index (κ2) is 3.49. The third-order valence-corrected chi connectivity index (χ3v) is 6.91. The quantitative estimate of drug-likeness (QED) is 0.726. The molecule has 1 aromatic rings. The number of nitriles is 1. The average Bonchev–Trinajstić information content (AvgIpc) is 2.95. The Morgan fingerprint density at radius 2 is 2.19 bits per heavy atom. The van der Waals surface area contributed by atoms with Crippen LogP contribution < -0.4 is 0 Å². The maximum atomic E-state index is 12.6. The van der Waals surface area contributed by atoms with Crippen molar-refractivity contribution >= 4 is 21.7 Å². The van der Waals surface area contributed by atoms with Gasteiger partial charge in [-0.15, -0.1) is 0 Å². The Hall–Kier alpha value is -1.41. The van der Waals surface area contributed by atoms with E-state index >= 15 is 0 Å². The summed E-state index contributed by atoms with van der Waals surface area (Å²) < 4.78 is 2.81. The first-order valence-corrected chi connectivity index (χ1v) is 8.00. The lowest BCUT2D eigenvalue weighted by Gasteiger charge is -2.45. The molecule has 0 aliphatic heterocycles. The highest BCUT2D eigenvalue weighted by Gasteiger charge is 2.78. The van der Waals surface area contributed by atoms with Crippen molar-refractivity contribution in [2.45, 2.75) is 38.5 Å². The van der Waals surface area contributed by atoms with Gasteiger partial charge in [-0.1, -0.05) is 13.0 Å². The zero-order valence-corrected chi connectivity index (χ0v) is 13.9. The van der Waals surface area contributed by atoms with E-state index in [2.05, 4.69) is 34.0 Å². The SMILES string of the molecule is Cn1nc(Br)c2c1[C@@]1(C)C=C(C#N)C(=O)[C@]3(C)C[C@]31CC2. The number of halogens is 1. The second-order valence-corrected chi connectivity index (χ2v) is 7.78. The normalized spacial score (nSPS) is 39.8. The van der Waals surface area contributed by atoms with Gasteiger partial charge < -0.3 is 0 Å². The molecular weight excluding hydrogens is 330 g/mol. The van der Waals surface area contributed by atoms with Crippen LogP contribution in [-0.4, -0.2) is 15.6 Å². The van der Waals surface area contributed by atoms with Gasteiger partial charge in [-0.2, -0.15) is 10.4 Å². The van der Waals surface area contributed by atoms with Crippen molar-refractivity contribution in [3.8, 4) is 6.07 Å². The molecule has 3 aliphatic rings. The third kappa shape index (κ3) is 1.19. The number of hydrogen-bond acceptors (Lipinski definition) is 3. The number of hydrogen-bond donors (Lipinski definition) is 0. The van der Waals surface area contributed by atoms with Crippen LogP contribution in [0.15, 0.2) is 16.3 Å². The van der Waals surface area contributed by atoms with Crippen molar-refractivity contribution in [2.24, 2.45) is 17.9 Å². The Kier molecular flexibility index (Phi) is 2.21. The summed E-state index contributed by atoms with van der Waals surface area (Å²) in [4.78, 5) is 12.6. The summed E-state index contributed by atoms with van der Waals surface area (Å²) in [5.74, 6) is 0.0344. The molecule has 108 valence electrons. The molecule has 0 unspecified atom stereocenters. The molecule has 0 radical (unpaired) electrons. The van der Waals surface area contributed by atoms with Crippen molar-refractivity contribution in [3.05, 3.63) is 27.5 Å². The lowest BCUT2D eigenvalue weighted by molar-refractivity contribution is -0.122. The molecule has 1 fully saturated rings. The molecule has 1 spiro atoms. The number of Topliss-reactive ketones (excluding diaryl/α,β-unsaturated/α-hetero) is 1. The van der Waals surface area contributed by atoms with Crippen molar-refractivity contribution < 1.29 is 4.79 Å². The van der Waals surface area contributed by atoms with E-state index in [4.69, 9.17) is 0 Å². The molecule has 0 aromatic carbocycles. The molecule has 0 N–H and O–H groups in total. The van der Waals surface area contributed by atoms with Crippen LogP contribution in [0.25, 0.3) is 0 Å². The Morgan fingerprint density at radius 3 is 2.86 bits per heavy atom. The molecule has 21 heavy (non-hydrogen) atoms. The number of allylic oxidation sites excluding steroid dienone is 2. The highest BCUT2D eigenvalue weighted by Crippen LogP contribution is 2.78. The topological polar surface area (TPSA) is 58.7 Å². The molecule has 3 atom stereocenters. The summed E-state index contributed by atoms with van der Waals surface area (Å²) in [6.45, 7) is 4.21. The maximum absolute atomic E-state index is 12.6. The second-order valence-electron chi connectivity index (χ2n) is 7.03. The van der Waals surface area contributed by atoms with E-state index in [0.717, 1.165) is 29.6 Å². The average molecular weight is 346 g/mol. The zero-order chi connectivity index (χ0) is 15.2. The summed E-state index contributed by atoms with van der Waals surface area (Å²) in [6.07, 6.45) is 4.71. The van der Waals surface area contributed by atoms with Crippen LogP contribution in [0.3, 0.4) is 0 Å². The van der Waals surface area contributed by atoms with Gasteiger partial charge in [0.05, 0.1) is 11.3 Å². The van der Waals surface area contributed by atoms with Gasteiger partial charge in [-0.05, 0) is 47.5 Å². The predicted octanol–water partition coefficient (Wildman–Crippen LogP) is 2.82. The third-order valence-electron chi connectivity index (χ3n) is 6.27. The van der Waals surface area contributed by atoms with E-state index in [0.29, 0.717) is 5.57 Å². The van der Waals surface area contributed by atoms with Crippen molar-refractivity contribution in [2.75, 3.05) is 0 Å². The minimum Gasteiger partial charge on any atom is -0.293 e. The van der Waals surface area contributed by atoms with Gasteiger partial charge >= 0.3 is 0 Å². The minimum absolute atomic E-state index is 0.0344. The molecule has 0 amide bonds. The highest BCUT2D eigenvalue weighted by molar-refractivity contribution is 9.10. The molecule has 4 rings (SSSR count). The van der Waals surface area contributed by atoms with E-state index in [-0.39, 0.29) is 22.0 Å². The molecule has 0 saturated heterocycles. The monoisotopic (exact) mass is 345 g/mol. The van der Waals surface area contributed by atoms with Gasteiger partial charge in [0.1, 0.15) is 10.7 Å². The van der Waals surface area contributed by atoms with E-state index in [1.165, 1.54) is 5.56 Å². The fourth-order valence-electron chi connectivity index (χ4n) is 5.15. The Morgan fingerprint density at radius 1 is 1.48 bits per heavy atom. The van der Waals surface area contributed by atoms with Crippen LogP contribution in [0.4, 0.5) is 0 Å². The van der Waals surface area contributed by atoms with Crippen LogP contribution in [-0.2, 0) is 23.7 Å². The van der Waals surface area contributed by atoms with Gasteiger partial charge in [0, 0.05) is 23.4 Å². The standard InChI is InChI=1S/C16H16BrN3O/c1-14-6-9(7-18)12(21)15(2)8-16(14,15)5-4-10-11(14)20(3)19-13(10)17/h6H,4-5,8H2,1-3H3/t14-,15+,16+/m1/s1. The number of fused-ring (bicyclic) bond motifs is 2. The highest BCUT2D eigenvalue weighted by atomic mass is 79.9. The lowest BCUT2D eigenvalue weighted by atomic mass is 9.57. The van der Waals surface area contributed by atoms with Crippen LogP contribution in [0, 0.1) is 22.2 Å². The largest absolute Gasteiger partial charge is 0.293 e. The van der Waals surface area contributed by atoms with Crippen molar-refractivity contribution in [3.63, 3.8) is 0 Å². The molecule has 1 saturated carbocycles. The number of nitrogens with zero attached hydrogens (tertiary/aromatic N) is 3. The summed E-state index contributed by atoms with van der Waals surface area (Å²) in [7, 11) is 1.95. The summed E-state index contributed by atoms with van der Waals surface area (Å²) in [6, 6.07) is 2.12. The maximum Gasteiger partial charge on any atom is 0.179 e. The molecular formula is C16H16BrN3O. The number of carbonyl (C=O) groups is 1. The van der Waals surface area contributed by atoms with E-state index in [1.54, 1.807) is 0 Å². The van der Waals surface area contributed by atoms with Gasteiger partial charge in [0.15, 0.2) is 5.78 Å². The van der Waals surface area contributed by atoms with Crippen LogP contribution in [0.5, 0.6) is 0 Å². The minimum atomic E-state index is -0.379. The number of rotatable bonds is 0. The number of ketones is 1. The first-order valence-electron chi connectivity index (χ1n) is 7.20. The van der Waals surface area contributed by atoms with E-state index in [9.17, 15) is 10.1 Å². The molecule has 5 heteroatoms. The van der Waals surface area contributed by atoms with Gasteiger partial charge in [0.25, 0.3) is 0 Å². The van der Waals surface area contributed by atoms with Crippen LogP contribution >= 0.6 is 15.9 Å². The molecule has 4 nitrogen and oxygen atoms in total. The smallest absolute Gasteiger partial charge is 0.179 e.